The van der Waals surface area contributed by atoms with Crippen LogP contribution in [0.15, 0.2) is 33.7 Å². The van der Waals surface area contributed by atoms with E-state index in [2.05, 4.69) is 26.2 Å². The van der Waals surface area contributed by atoms with E-state index in [0.717, 1.165) is 40.9 Å². The second-order valence-corrected chi connectivity index (χ2v) is 7.20. The maximum absolute atomic E-state index is 12.1. The van der Waals surface area contributed by atoms with Crippen LogP contribution in [0.25, 0.3) is 0 Å². The van der Waals surface area contributed by atoms with Crippen LogP contribution in [-0.2, 0) is 11.3 Å². The highest BCUT2D eigenvalue weighted by Gasteiger charge is 2.48. The van der Waals surface area contributed by atoms with Gasteiger partial charge in [-0.2, -0.15) is 0 Å². The normalized spacial score (nSPS) is 23.2. The van der Waals surface area contributed by atoms with Gasteiger partial charge in [0.25, 0.3) is 0 Å². The van der Waals surface area contributed by atoms with E-state index < -0.39 is 0 Å². The molecule has 1 aromatic carbocycles. The Kier molecular flexibility index (Phi) is 3.67. The number of aliphatic imine (C=N–C) groups is 1. The first kappa shape index (κ1) is 13.2. The number of rotatable bonds is 2. The minimum Gasteiger partial charge on any atom is -0.304 e. The maximum Gasteiger partial charge on any atom is 0.242 e. The second kappa shape index (κ2) is 5.29. The molecule has 0 bridgehead atoms. The number of amidine groups is 1. The van der Waals surface area contributed by atoms with Gasteiger partial charge in [-0.25, -0.2) is 0 Å². The summed E-state index contributed by atoms with van der Waals surface area (Å²) in [5.41, 5.74) is 1.14. The van der Waals surface area contributed by atoms with Gasteiger partial charge in [0.15, 0.2) is 5.17 Å². The Morgan fingerprint density at radius 2 is 2.05 bits per heavy atom. The van der Waals surface area contributed by atoms with Gasteiger partial charge in [0, 0.05) is 4.47 Å². The van der Waals surface area contributed by atoms with Crippen LogP contribution in [0.3, 0.4) is 0 Å². The van der Waals surface area contributed by atoms with Crippen LogP contribution in [0.1, 0.15) is 31.2 Å². The summed E-state index contributed by atoms with van der Waals surface area (Å²) in [6.45, 7) is 0.597. The van der Waals surface area contributed by atoms with Crippen LogP contribution in [0.4, 0.5) is 0 Å². The molecule has 1 heterocycles. The predicted octanol–water partition coefficient (Wildman–Crippen LogP) is 3.48. The number of nitrogens with one attached hydrogen (secondary N) is 1. The fourth-order valence-electron chi connectivity index (χ4n) is 2.60. The van der Waals surface area contributed by atoms with Crippen molar-refractivity contribution in [1.82, 2.24) is 5.32 Å². The lowest BCUT2D eigenvalue weighted by molar-refractivity contribution is -0.121. The standard InChI is InChI=1S/C14H15BrN2OS/c15-11-6-2-1-5-10(11)9-16-13-17-12(18)14(19-13)7-3-4-8-14/h1-2,5-6H,3-4,7-9H2,(H,16,17,18). The third kappa shape index (κ3) is 2.58. The van der Waals surface area contributed by atoms with Crippen molar-refractivity contribution in [3.63, 3.8) is 0 Å². The van der Waals surface area contributed by atoms with Crippen molar-refractivity contribution in [3.8, 4) is 0 Å². The molecule has 19 heavy (non-hydrogen) atoms. The van der Waals surface area contributed by atoms with Gasteiger partial charge >= 0.3 is 0 Å². The Bertz CT molecular complexity index is 538. The fourth-order valence-corrected chi connectivity index (χ4v) is 4.29. The van der Waals surface area contributed by atoms with Crippen molar-refractivity contribution in [1.29, 1.82) is 0 Å². The van der Waals surface area contributed by atoms with Crippen molar-refractivity contribution < 1.29 is 4.79 Å². The van der Waals surface area contributed by atoms with Crippen LogP contribution < -0.4 is 5.32 Å². The molecule has 2 fully saturated rings. The zero-order chi connectivity index (χ0) is 13.3. The summed E-state index contributed by atoms with van der Waals surface area (Å²) in [6, 6.07) is 8.04. The minimum absolute atomic E-state index is 0.154. The number of benzene rings is 1. The van der Waals surface area contributed by atoms with Crippen molar-refractivity contribution in [2.24, 2.45) is 4.99 Å². The van der Waals surface area contributed by atoms with Gasteiger partial charge in [-0.1, -0.05) is 58.7 Å². The third-order valence-corrected chi connectivity index (χ3v) is 5.87. The molecule has 1 aliphatic carbocycles. The van der Waals surface area contributed by atoms with Gasteiger partial charge in [0.1, 0.15) is 4.75 Å². The lowest BCUT2D eigenvalue weighted by Crippen LogP contribution is -2.33. The highest BCUT2D eigenvalue weighted by atomic mass is 79.9. The molecule has 5 heteroatoms. The van der Waals surface area contributed by atoms with E-state index in [9.17, 15) is 4.79 Å². The molecular weight excluding hydrogens is 324 g/mol. The average molecular weight is 339 g/mol. The maximum atomic E-state index is 12.1. The number of hydrogen-bond donors (Lipinski definition) is 1. The van der Waals surface area contributed by atoms with E-state index in [4.69, 9.17) is 0 Å². The van der Waals surface area contributed by atoms with Gasteiger partial charge in [-0.05, 0) is 24.5 Å². The van der Waals surface area contributed by atoms with Crippen LogP contribution in [0.5, 0.6) is 0 Å². The Hall–Kier alpha value is -0.810. The molecule has 1 saturated carbocycles. The molecule has 0 radical (unpaired) electrons. The molecule has 3 nitrogen and oxygen atoms in total. The topological polar surface area (TPSA) is 41.5 Å². The van der Waals surface area contributed by atoms with Gasteiger partial charge in [-0.3, -0.25) is 9.79 Å². The highest BCUT2D eigenvalue weighted by Crippen LogP contribution is 2.45. The van der Waals surface area contributed by atoms with E-state index >= 15 is 0 Å². The molecule has 1 N–H and O–H groups in total. The summed E-state index contributed by atoms with van der Waals surface area (Å²) in [7, 11) is 0. The van der Waals surface area contributed by atoms with Crippen LogP contribution in [-0.4, -0.2) is 15.8 Å². The van der Waals surface area contributed by atoms with Crippen molar-refractivity contribution in [2.75, 3.05) is 0 Å². The van der Waals surface area contributed by atoms with Gasteiger partial charge in [-0.15, -0.1) is 0 Å². The minimum atomic E-state index is -0.216. The number of hydrogen-bond acceptors (Lipinski definition) is 3. The summed E-state index contributed by atoms with van der Waals surface area (Å²) in [5.74, 6) is 0.154. The Morgan fingerprint density at radius 3 is 2.79 bits per heavy atom. The largest absolute Gasteiger partial charge is 0.304 e. The van der Waals surface area contributed by atoms with E-state index in [1.165, 1.54) is 0 Å². The molecule has 1 saturated heterocycles. The SMILES string of the molecule is O=C1NC(=NCc2ccccc2Br)SC12CCCC2. The molecule has 2 aliphatic rings. The lowest BCUT2D eigenvalue weighted by atomic mass is 10.1. The lowest BCUT2D eigenvalue weighted by Gasteiger charge is -2.15. The van der Waals surface area contributed by atoms with E-state index in [-0.39, 0.29) is 10.7 Å². The summed E-state index contributed by atoms with van der Waals surface area (Å²) in [4.78, 5) is 16.6. The summed E-state index contributed by atoms with van der Waals surface area (Å²) < 4.78 is 0.844. The molecule has 1 aliphatic heterocycles. The second-order valence-electron chi connectivity index (χ2n) is 4.97. The van der Waals surface area contributed by atoms with E-state index in [1.807, 2.05) is 24.3 Å². The number of amides is 1. The number of carbonyl (C=O) groups is 1. The third-order valence-electron chi connectivity index (χ3n) is 3.69. The van der Waals surface area contributed by atoms with Crippen molar-refractivity contribution in [2.45, 2.75) is 37.0 Å². The molecule has 0 atom stereocenters. The van der Waals surface area contributed by atoms with Crippen LogP contribution in [0.2, 0.25) is 0 Å². The number of nitrogens with zero attached hydrogens (tertiary/aromatic N) is 1. The fraction of sp³-hybridized carbons (Fsp3) is 0.429. The number of halogens is 1. The molecule has 1 aromatic rings. The Labute approximate surface area is 125 Å². The molecule has 3 rings (SSSR count). The average Bonchev–Trinajstić information content (AvgIpc) is 2.98. The van der Waals surface area contributed by atoms with Crippen LogP contribution in [0, 0.1) is 0 Å². The predicted molar refractivity (Wildman–Crippen MR) is 82.2 cm³/mol. The molecular formula is C14H15BrN2OS. The first-order valence-corrected chi connectivity index (χ1v) is 8.09. The molecule has 0 aromatic heterocycles. The van der Waals surface area contributed by atoms with Crippen molar-refractivity contribution in [3.05, 3.63) is 34.3 Å². The van der Waals surface area contributed by atoms with Crippen molar-refractivity contribution >= 4 is 38.8 Å². The van der Waals surface area contributed by atoms with Gasteiger partial charge < -0.3 is 5.32 Å². The van der Waals surface area contributed by atoms with E-state index in [1.54, 1.807) is 11.8 Å². The van der Waals surface area contributed by atoms with E-state index in [0.29, 0.717) is 6.54 Å². The first-order valence-electron chi connectivity index (χ1n) is 6.48. The molecule has 1 amide bonds. The molecule has 0 unspecified atom stereocenters. The van der Waals surface area contributed by atoms with Gasteiger partial charge in [0.2, 0.25) is 5.91 Å². The first-order chi connectivity index (χ1) is 9.20. The van der Waals surface area contributed by atoms with Crippen LogP contribution >= 0.6 is 27.7 Å². The number of carbonyl (C=O) groups excluding carboxylic acids is 1. The summed E-state index contributed by atoms with van der Waals surface area (Å²) in [5, 5.41) is 3.72. The Morgan fingerprint density at radius 1 is 1.32 bits per heavy atom. The molecule has 100 valence electrons. The van der Waals surface area contributed by atoms with Gasteiger partial charge in [0.05, 0.1) is 6.54 Å². The zero-order valence-corrected chi connectivity index (χ0v) is 12.9. The smallest absolute Gasteiger partial charge is 0.242 e. The highest BCUT2D eigenvalue weighted by molar-refractivity contribution is 9.10. The summed E-state index contributed by atoms with van der Waals surface area (Å²) in [6.07, 6.45) is 4.27. The summed E-state index contributed by atoms with van der Waals surface area (Å²) >= 11 is 5.14. The quantitative estimate of drug-likeness (QED) is 0.896. The Balaban J connectivity index is 1.72. The molecule has 1 spiro atoms. The number of thioether (sulfide) groups is 1. The monoisotopic (exact) mass is 338 g/mol. The zero-order valence-electron chi connectivity index (χ0n) is 10.5.